The minimum absolute atomic E-state index is 0.288. The summed E-state index contributed by atoms with van der Waals surface area (Å²) in [4.78, 5) is 39.3. The fourth-order valence-electron chi connectivity index (χ4n) is 5.84. The van der Waals surface area contributed by atoms with Crippen LogP contribution in [-0.4, -0.2) is 20.1 Å². The third-order valence-electron chi connectivity index (χ3n) is 8.00. The Bertz CT molecular complexity index is 2090. The predicted octanol–water partition coefficient (Wildman–Crippen LogP) is 5.65. The highest BCUT2D eigenvalue weighted by atomic mass is 35.5. The van der Waals surface area contributed by atoms with Crippen LogP contribution in [0.1, 0.15) is 46.5 Å². The second kappa shape index (κ2) is 10.2. The highest BCUT2D eigenvalue weighted by molar-refractivity contribution is 6.35. The number of rotatable bonds is 5. The van der Waals surface area contributed by atoms with Crippen molar-refractivity contribution >= 4 is 17.5 Å². The number of benzene rings is 4. The maximum absolute atomic E-state index is 13.7. The molecule has 0 bridgehead atoms. The molecule has 43 heavy (non-hydrogen) atoms. The largest absolute Gasteiger partial charge is 0.386 e. The van der Waals surface area contributed by atoms with Gasteiger partial charge in [-0.05, 0) is 103 Å². The monoisotopic (exact) mass is 595 g/mol. The lowest BCUT2D eigenvalue weighted by atomic mass is 9.88. The van der Waals surface area contributed by atoms with Gasteiger partial charge in [0.2, 0.25) is 5.91 Å². The number of fused-ring (bicyclic) bond motifs is 3. The summed E-state index contributed by atoms with van der Waals surface area (Å²) in [5.41, 5.74) is 10.5. The predicted molar refractivity (Wildman–Crippen MR) is 165 cm³/mol. The molecule has 0 unspecified atom stereocenters. The van der Waals surface area contributed by atoms with Crippen LogP contribution in [0.25, 0.3) is 33.6 Å². The van der Waals surface area contributed by atoms with Gasteiger partial charge in [-0.2, -0.15) is 0 Å². The minimum atomic E-state index is -1.06. The summed E-state index contributed by atoms with van der Waals surface area (Å²) < 4.78 is 15.9. The van der Waals surface area contributed by atoms with Crippen LogP contribution in [-0.2, 0) is 12.0 Å². The number of aromatic nitrogens is 2. The normalized spacial score (nSPS) is 12.2. The molecule has 0 aliphatic heterocycles. The van der Waals surface area contributed by atoms with E-state index in [-0.39, 0.29) is 5.02 Å². The van der Waals surface area contributed by atoms with Gasteiger partial charge in [-0.3, -0.25) is 14.2 Å². The van der Waals surface area contributed by atoms with Gasteiger partial charge in [0.1, 0.15) is 5.82 Å². The van der Waals surface area contributed by atoms with E-state index >= 15 is 0 Å². The number of halogens is 2. The smallest absolute Gasteiger partial charge is 0.340 e. The first-order valence-corrected chi connectivity index (χ1v) is 14.0. The molecule has 0 saturated heterocycles. The Labute approximate surface area is 251 Å². The number of hydrogen-bond donors (Lipinski definition) is 2. The second-order valence-corrected chi connectivity index (χ2v) is 11.6. The molecule has 1 aromatic heterocycles. The van der Waals surface area contributed by atoms with Crippen LogP contribution in [0.3, 0.4) is 0 Å². The quantitative estimate of drug-likeness (QED) is 0.268. The van der Waals surface area contributed by atoms with E-state index in [1.54, 1.807) is 39.0 Å². The molecule has 0 fully saturated rings. The molecule has 5 aromatic rings. The fraction of sp³-hybridized carbons (Fsp3) is 0.147. The van der Waals surface area contributed by atoms with Crippen molar-refractivity contribution < 1.29 is 14.3 Å². The summed E-state index contributed by atoms with van der Waals surface area (Å²) in [6.45, 7) is 5.21. The lowest BCUT2D eigenvalue weighted by Gasteiger charge is -2.20. The van der Waals surface area contributed by atoms with Crippen LogP contribution >= 0.6 is 11.6 Å². The molecule has 1 amide bonds. The highest BCUT2D eigenvalue weighted by Gasteiger charge is 2.31. The first kappa shape index (κ1) is 28.3. The van der Waals surface area contributed by atoms with Crippen molar-refractivity contribution in [2.24, 2.45) is 5.73 Å². The maximum Gasteiger partial charge on any atom is 0.340 e. The zero-order chi connectivity index (χ0) is 30.8. The number of carbonyl (C=O) groups is 1. The number of nitrogens with zero attached hydrogens (tertiary/aromatic N) is 2. The van der Waals surface area contributed by atoms with Crippen molar-refractivity contribution in [1.29, 1.82) is 0 Å². The van der Waals surface area contributed by atoms with Gasteiger partial charge < -0.3 is 10.8 Å². The Morgan fingerprint density at radius 3 is 2.37 bits per heavy atom. The SMILES string of the molecule is Cc1c(-c2c(Cl)cc(C(N)=O)c3c2-c2ccc(C(C)(C)O)cc2C3)cccc1-n1c(=O)ccn(-c2ccc(F)cc2)c1=O. The van der Waals surface area contributed by atoms with E-state index in [1.807, 2.05) is 24.3 Å². The summed E-state index contributed by atoms with van der Waals surface area (Å²) in [6.07, 6.45) is 1.77. The van der Waals surface area contributed by atoms with Crippen LogP contribution < -0.4 is 17.0 Å². The number of aliphatic hydroxyl groups is 1. The maximum atomic E-state index is 13.7. The minimum Gasteiger partial charge on any atom is -0.386 e. The topological polar surface area (TPSA) is 107 Å². The first-order valence-electron chi connectivity index (χ1n) is 13.6. The summed E-state index contributed by atoms with van der Waals surface area (Å²) >= 11 is 6.90. The van der Waals surface area contributed by atoms with Gasteiger partial charge in [-0.25, -0.2) is 13.8 Å². The highest BCUT2D eigenvalue weighted by Crippen LogP contribution is 2.49. The first-order chi connectivity index (χ1) is 20.4. The Kier molecular flexibility index (Phi) is 6.71. The van der Waals surface area contributed by atoms with Gasteiger partial charge >= 0.3 is 5.69 Å². The number of primary amides is 1. The molecule has 7 nitrogen and oxygen atoms in total. The molecule has 0 atom stereocenters. The lowest BCUT2D eigenvalue weighted by molar-refractivity contribution is 0.0785. The number of hydrogen-bond acceptors (Lipinski definition) is 4. The van der Waals surface area contributed by atoms with E-state index < -0.39 is 28.6 Å². The van der Waals surface area contributed by atoms with Crippen LogP contribution in [0, 0.1) is 12.7 Å². The van der Waals surface area contributed by atoms with Gasteiger partial charge in [0, 0.05) is 28.4 Å². The van der Waals surface area contributed by atoms with Gasteiger partial charge in [0.05, 0.1) is 17.0 Å². The molecular formula is C34H27ClFN3O4. The molecule has 0 saturated carbocycles. The van der Waals surface area contributed by atoms with Crippen molar-refractivity contribution in [2.45, 2.75) is 32.8 Å². The van der Waals surface area contributed by atoms with Crippen LogP contribution in [0.4, 0.5) is 4.39 Å². The average Bonchev–Trinajstić information content (AvgIpc) is 3.33. The molecule has 1 heterocycles. The van der Waals surface area contributed by atoms with Crippen molar-refractivity contribution in [1.82, 2.24) is 9.13 Å². The number of carbonyl (C=O) groups excluding carboxylic acids is 1. The number of amides is 1. The van der Waals surface area contributed by atoms with E-state index in [4.69, 9.17) is 17.3 Å². The molecular weight excluding hydrogens is 569 g/mol. The zero-order valence-electron chi connectivity index (χ0n) is 23.6. The van der Waals surface area contributed by atoms with Crippen molar-refractivity contribution in [3.05, 3.63) is 138 Å². The van der Waals surface area contributed by atoms with E-state index in [2.05, 4.69) is 0 Å². The Morgan fingerprint density at radius 2 is 1.70 bits per heavy atom. The molecule has 4 aromatic carbocycles. The molecule has 6 rings (SSSR count). The van der Waals surface area contributed by atoms with Gasteiger partial charge in [-0.15, -0.1) is 0 Å². The molecule has 0 spiro atoms. The second-order valence-electron chi connectivity index (χ2n) is 11.2. The van der Waals surface area contributed by atoms with Gasteiger partial charge in [-0.1, -0.05) is 41.9 Å². The fourth-order valence-corrected chi connectivity index (χ4v) is 6.15. The summed E-state index contributed by atoms with van der Waals surface area (Å²) in [5.74, 6) is -1.05. The summed E-state index contributed by atoms with van der Waals surface area (Å²) in [5, 5.41) is 10.9. The third kappa shape index (κ3) is 4.69. The molecule has 216 valence electrons. The van der Waals surface area contributed by atoms with Crippen molar-refractivity contribution in [3.8, 4) is 33.6 Å². The zero-order valence-corrected chi connectivity index (χ0v) is 24.4. The van der Waals surface area contributed by atoms with Crippen LogP contribution in [0.5, 0.6) is 0 Å². The lowest BCUT2D eigenvalue weighted by Crippen LogP contribution is -2.37. The standard InChI is InChI=1S/C34H27ClFN3O4/c1-18-23(5-4-6-28(18)39-29(40)13-14-38(33(39)42)22-10-8-21(36)9-11-22)31-27(35)17-26(32(37)41)25-16-19-15-20(34(2,3)43)7-12-24(19)30(25)31/h4-15,17,43H,16H2,1-3H3,(H2,37,41). The Balaban J connectivity index is 1.60. The van der Waals surface area contributed by atoms with Gasteiger partial charge in [0.25, 0.3) is 5.56 Å². The van der Waals surface area contributed by atoms with Crippen LogP contribution in [0.15, 0.2) is 88.6 Å². The van der Waals surface area contributed by atoms with Gasteiger partial charge in [0.15, 0.2) is 0 Å². The Morgan fingerprint density at radius 1 is 0.977 bits per heavy atom. The van der Waals surface area contributed by atoms with E-state index in [0.29, 0.717) is 40.0 Å². The van der Waals surface area contributed by atoms with E-state index in [0.717, 1.165) is 32.4 Å². The molecule has 9 heteroatoms. The third-order valence-corrected chi connectivity index (χ3v) is 8.30. The van der Waals surface area contributed by atoms with Crippen molar-refractivity contribution in [2.75, 3.05) is 0 Å². The number of nitrogens with two attached hydrogens (primary N) is 1. The molecule has 1 aliphatic carbocycles. The molecule has 1 aliphatic rings. The van der Waals surface area contributed by atoms with Crippen LogP contribution in [0.2, 0.25) is 5.02 Å². The summed E-state index contributed by atoms with van der Waals surface area (Å²) in [7, 11) is 0. The van der Waals surface area contributed by atoms with Crippen molar-refractivity contribution in [3.63, 3.8) is 0 Å². The average molecular weight is 596 g/mol. The molecule has 0 radical (unpaired) electrons. The summed E-state index contributed by atoms with van der Waals surface area (Å²) in [6, 6.07) is 19.1. The van der Waals surface area contributed by atoms with E-state index in [9.17, 15) is 23.9 Å². The Hall–Kier alpha value is -4.79. The van der Waals surface area contributed by atoms with E-state index in [1.165, 1.54) is 41.1 Å². The molecule has 3 N–H and O–H groups in total.